The van der Waals surface area contributed by atoms with Crippen molar-refractivity contribution in [1.29, 1.82) is 0 Å². The van der Waals surface area contributed by atoms with Crippen molar-refractivity contribution in [2.75, 3.05) is 10.6 Å². The third kappa shape index (κ3) is 3.88. The first-order valence-electron chi connectivity index (χ1n) is 8.47. The summed E-state index contributed by atoms with van der Waals surface area (Å²) in [5.74, 6) is -1.76. The molecule has 136 valence electrons. The number of carbonyl (C=O) groups excluding carboxylic acids is 2. The Kier molecular flexibility index (Phi) is 4.68. The average molecular weight is 381 g/mol. The van der Waals surface area contributed by atoms with E-state index in [-0.39, 0.29) is 18.2 Å². The summed E-state index contributed by atoms with van der Waals surface area (Å²) in [6.07, 6.45) is 2.50. The molecule has 1 atom stereocenters. The van der Waals surface area contributed by atoms with E-state index in [1.54, 1.807) is 6.20 Å². The first kappa shape index (κ1) is 17.4. The van der Waals surface area contributed by atoms with E-state index in [9.17, 15) is 14.0 Å². The van der Waals surface area contributed by atoms with E-state index in [4.69, 9.17) is 0 Å². The van der Waals surface area contributed by atoms with Crippen LogP contribution < -0.4 is 10.6 Å². The smallest absolute Gasteiger partial charge is 0.234 e. The van der Waals surface area contributed by atoms with Crippen molar-refractivity contribution >= 4 is 34.0 Å². The summed E-state index contributed by atoms with van der Waals surface area (Å²) in [4.78, 5) is 29.9. The lowest BCUT2D eigenvalue weighted by Gasteiger charge is -2.24. The van der Waals surface area contributed by atoms with Crippen molar-refractivity contribution in [3.8, 4) is 0 Å². The molecule has 1 aliphatic heterocycles. The average Bonchev–Trinajstić information content (AvgIpc) is 3.08. The Morgan fingerprint density at radius 1 is 1.26 bits per heavy atom. The number of halogens is 1. The molecule has 1 unspecified atom stereocenters. The largest absolute Gasteiger partial charge is 0.326 e. The lowest BCUT2D eigenvalue weighted by molar-refractivity contribution is -0.123. The summed E-state index contributed by atoms with van der Waals surface area (Å²) in [7, 11) is 0. The molecule has 27 heavy (non-hydrogen) atoms. The summed E-state index contributed by atoms with van der Waals surface area (Å²) < 4.78 is 13.4. The maximum atomic E-state index is 13.4. The highest BCUT2D eigenvalue weighted by Crippen LogP contribution is 2.34. The van der Waals surface area contributed by atoms with Crippen LogP contribution in [0, 0.1) is 5.82 Å². The predicted molar refractivity (Wildman–Crippen MR) is 102 cm³/mol. The first-order chi connectivity index (χ1) is 13.1. The molecule has 2 N–H and O–H groups in total. The van der Waals surface area contributed by atoms with E-state index >= 15 is 0 Å². The molecule has 2 aromatic carbocycles. The number of aromatic nitrogens is 1. The molecule has 0 spiro atoms. The predicted octanol–water partition coefficient (Wildman–Crippen LogP) is 3.94. The fraction of sp³-hybridized carbons (Fsp3) is 0.150. The highest BCUT2D eigenvalue weighted by Gasteiger charge is 2.31. The van der Waals surface area contributed by atoms with Gasteiger partial charge in [-0.05, 0) is 23.3 Å². The number of amides is 2. The maximum Gasteiger partial charge on any atom is 0.234 e. The Bertz CT molecular complexity index is 1000. The Labute approximate surface area is 159 Å². The van der Waals surface area contributed by atoms with Crippen LogP contribution in [0.5, 0.6) is 0 Å². The number of benzene rings is 2. The highest BCUT2D eigenvalue weighted by atomic mass is 32.1. The molecule has 0 saturated heterocycles. The minimum atomic E-state index is -0.671. The zero-order valence-corrected chi connectivity index (χ0v) is 15.1. The lowest BCUT2D eigenvalue weighted by atomic mass is 9.90. The van der Waals surface area contributed by atoms with Crippen LogP contribution in [0.2, 0.25) is 0 Å². The molecule has 0 saturated carbocycles. The number of hydrogen-bond acceptors (Lipinski definition) is 4. The molecule has 0 aliphatic carbocycles. The van der Waals surface area contributed by atoms with Gasteiger partial charge in [0, 0.05) is 29.6 Å². The zero-order chi connectivity index (χ0) is 18.8. The van der Waals surface area contributed by atoms with Crippen molar-refractivity contribution in [2.24, 2.45) is 0 Å². The van der Waals surface area contributed by atoms with Gasteiger partial charge >= 0.3 is 0 Å². The van der Waals surface area contributed by atoms with Crippen LogP contribution in [0.25, 0.3) is 0 Å². The monoisotopic (exact) mass is 381 g/mol. The molecule has 0 radical (unpaired) electrons. The zero-order valence-electron chi connectivity index (χ0n) is 14.2. The Morgan fingerprint density at radius 2 is 2.07 bits per heavy atom. The molecule has 2 amide bonds. The molecule has 0 bridgehead atoms. The van der Waals surface area contributed by atoms with Gasteiger partial charge in [-0.3, -0.25) is 9.59 Å². The molecule has 4 rings (SSSR count). The number of rotatable bonds is 4. The van der Waals surface area contributed by atoms with E-state index in [0.717, 1.165) is 11.3 Å². The van der Waals surface area contributed by atoms with Gasteiger partial charge in [-0.1, -0.05) is 36.4 Å². The minimum Gasteiger partial charge on any atom is -0.326 e. The number of anilines is 2. The van der Waals surface area contributed by atoms with Crippen molar-refractivity contribution < 1.29 is 14.0 Å². The standard InChI is InChI=1S/C20H16FN3O2S/c21-13-6-7-15-16(10-18(25)23-17(15)9-13)19(26)24-20-22-11-14(27-20)8-12-4-2-1-3-5-12/h1-7,9,11,16H,8,10H2,(H,23,25)(H,22,24,26). The molecule has 1 aliphatic rings. The van der Waals surface area contributed by atoms with Crippen molar-refractivity contribution in [2.45, 2.75) is 18.8 Å². The van der Waals surface area contributed by atoms with Crippen LogP contribution in [0.1, 0.15) is 28.3 Å². The van der Waals surface area contributed by atoms with Crippen LogP contribution in [0.3, 0.4) is 0 Å². The van der Waals surface area contributed by atoms with Crippen molar-refractivity contribution in [3.63, 3.8) is 0 Å². The number of fused-ring (bicyclic) bond motifs is 1. The normalized spacial score (nSPS) is 15.7. The van der Waals surface area contributed by atoms with Crippen molar-refractivity contribution in [1.82, 2.24) is 4.98 Å². The van der Waals surface area contributed by atoms with Crippen LogP contribution in [-0.2, 0) is 16.0 Å². The van der Waals surface area contributed by atoms with Crippen LogP contribution >= 0.6 is 11.3 Å². The number of hydrogen-bond donors (Lipinski definition) is 2. The summed E-state index contributed by atoms with van der Waals surface area (Å²) in [5.41, 5.74) is 2.11. The third-order valence-electron chi connectivity index (χ3n) is 4.38. The third-order valence-corrected chi connectivity index (χ3v) is 5.29. The van der Waals surface area contributed by atoms with Gasteiger partial charge in [-0.25, -0.2) is 9.37 Å². The van der Waals surface area contributed by atoms with Crippen LogP contribution in [0.4, 0.5) is 15.2 Å². The SMILES string of the molecule is O=C1CC(C(=O)Nc2ncc(Cc3ccccc3)s2)c2ccc(F)cc2N1. The molecular formula is C20H16FN3O2S. The molecular weight excluding hydrogens is 365 g/mol. The van der Waals surface area contributed by atoms with Crippen molar-refractivity contribution in [3.05, 3.63) is 76.5 Å². The van der Waals surface area contributed by atoms with Gasteiger partial charge < -0.3 is 10.6 Å². The second-order valence-electron chi connectivity index (χ2n) is 6.32. The number of carbonyl (C=O) groups is 2. The highest BCUT2D eigenvalue weighted by molar-refractivity contribution is 7.15. The van der Waals surface area contributed by atoms with E-state index < -0.39 is 11.7 Å². The molecule has 5 nitrogen and oxygen atoms in total. The molecule has 3 aromatic rings. The maximum absolute atomic E-state index is 13.4. The summed E-state index contributed by atoms with van der Waals surface area (Å²) >= 11 is 1.40. The Hall–Kier alpha value is -3.06. The van der Waals surface area contributed by atoms with Gasteiger partial charge in [-0.15, -0.1) is 11.3 Å². The van der Waals surface area contributed by atoms with Crippen LogP contribution in [-0.4, -0.2) is 16.8 Å². The summed E-state index contributed by atoms with van der Waals surface area (Å²) in [5, 5.41) is 5.88. The van der Waals surface area contributed by atoms with Gasteiger partial charge in [0.1, 0.15) is 5.82 Å². The number of nitrogens with one attached hydrogen (secondary N) is 2. The Balaban J connectivity index is 1.49. The number of thiazole rings is 1. The quantitative estimate of drug-likeness (QED) is 0.719. The van der Waals surface area contributed by atoms with E-state index in [1.165, 1.54) is 35.1 Å². The first-order valence-corrected chi connectivity index (χ1v) is 9.29. The fourth-order valence-corrected chi connectivity index (χ4v) is 3.96. The summed E-state index contributed by atoms with van der Waals surface area (Å²) in [6, 6.07) is 14.1. The van der Waals surface area contributed by atoms with Gasteiger partial charge in [0.2, 0.25) is 11.8 Å². The van der Waals surface area contributed by atoms with Gasteiger partial charge in [0.05, 0.1) is 5.92 Å². The van der Waals surface area contributed by atoms with Gasteiger partial charge in [0.15, 0.2) is 5.13 Å². The lowest BCUT2D eigenvalue weighted by Crippen LogP contribution is -2.30. The van der Waals surface area contributed by atoms with Gasteiger partial charge in [-0.2, -0.15) is 0 Å². The fourth-order valence-electron chi connectivity index (χ4n) is 3.11. The molecule has 0 fully saturated rings. The van der Waals surface area contributed by atoms with Gasteiger partial charge in [0.25, 0.3) is 0 Å². The van der Waals surface area contributed by atoms with E-state index in [0.29, 0.717) is 16.4 Å². The van der Waals surface area contributed by atoms with Crippen LogP contribution in [0.15, 0.2) is 54.7 Å². The topological polar surface area (TPSA) is 71.1 Å². The van der Waals surface area contributed by atoms with E-state index in [2.05, 4.69) is 15.6 Å². The molecule has 7 heteroatoms. The number of nitrogens with zero attached hydrogens (tertiary/aromatic N) is 1. The summed E-state index contributed by atoms with van der Waals surface area (Å²) in [6.45, 7) is 0. The second kappa shape index (κ2) is 7.28. The molecule has 2 heterocycles. The van der Waals surface area contributed by atoms with E-state index in [1.807, 2.05) is 30.3 Å². The molecule has 1 aromatic heterocycles. The second-order valence-corrected chi connectivity index (χ2v) is 7.44. The minimum absolute atomic E-state index is 0.0205. The Morgan fingerprint density at radius 3 is 2.89 bits per heavy atom.